The maximum atomic E-state index is 14.1. The van der Waals surface area contributed by atoms with Gasteiger partial charge in [0.1, 0.15) is 5.82 Å². The Kier molecular flexibility index (Phi) is 5.16. The molecule has 34 heavy (non-hydrogen) atoms. The fraction of sp³-hybridized carbons (Fsp3) is 0.414. The molecule has 5 heteroatoms. The number of anilines is 1. The average molecular weight is 460 g/mol. The Morgan fingerprint density at radius 1 is 1.21 bits per heavy atom. The van der Waals surface area contributed by atoms with Crippen molar-refractivity contribution in [2.24, 2.45) is 11.3 Å². The number of aryl methyl sites for hydroxylation is 1. The molecule has 0 aliphatic heterocycles. The molecule has 0 radical (unpaired) electrons. The van der Waals surface area contributed by atoms with Gasteiger partial charge in [-0.15, -0.1) is 0 Å². The van der Waals surface area contributed by atoms with Gasteiger partial charge in [-0.25, -0.2) is 4.39 Å². The Balaban J connectivity index is 1.70. The first-order valence-electron chi connectivity index (χ1n) is 12.2. The van der Waals surface area contributed by atoms with Crippen LogP contribution in [-0.4, -0.2) is 15.4 Å². The molecule has 0 atom stereocenters. The Morgan fingerprint density at radius 3 is 2.44 bits per heavy atom. The number of rotatable bonds is 5. The van der Waals surface area contributed by atoms with Crippen molar-refractivity contribution >= 4 is 22.3 Å². The third kappa shape index (κ3) is 3.36. The van der Waals surface area contributed by atoms with Crippen LogP contribution in [0.3, 0.4) is 0 Å². The van der Waals surface area contributed by atoms with Gasteiger partial charge in [-0.3, -0.25) is 0 Å². The lowest BCUT2D eigenvalue weighted by Crippen LogP contribution is -2.47. The van der Waals surface area contributed by atoms with Crippen molar-refractivity contribution in [1.29, 1.82) is 5.41 Å². The second-order valence-electron chi connectivity index (χ2n) is 11.0. The van der Waals surface area contributed by atoms with E-state index >= 15 is 0 Å². The van der Waals surface area contributed by atoms with Crippen LogP contribution in [0.15, 0.2) is 42.7 Å². The lowest BCUT2D eigenvalue weighted by molar-refractivity contribution is -0.0400. The molecular weight excluding hydrogens is 425 g/mol. The molecular formula is C29H34FN3O. The number of hydrogen-bond donors (Lipinski definition) is 3. The summed E-state index contributed by atoms with van der Waals surface area (Å²) in [6, 6.07) is 9.36. The van der Waals surface area contributed by atoms with E-state index in [1.807, 2.05) is 24.3 Å². The second kappa shape index (κ2) is 7.72. The Bertz CT molecular complexity index is 1340. The van der Waals surface area contributed by atoms with E-state index in [-0.39, 0.29) is 17.7 Å². The van der Waals surface area contributed by atoms with Gasteiger partial charge in [-0.05, 0) is 98.2 Å². The Hall–Kier alpha value is -3.08. The number of benzene rings is 2. The lowest BCUT2D eigenvalue weighted by atomic mass is 9.47. The first kappa shape index (κ1) is 22.7. The summed E-state index contributed by atoms with van der Waals surface area (Å²) in [5.41, 5.74) is 13.7. The van der Waals surface area contributed by atoms with Crippen molar-refractivity contribution in [3.05, 3.63) is 70.9 Å². The van der Waals surface area contributed by atoms with E-state index in [0.29, 0.717) is 34.1 Å². The number of aliphatic hydroxyl groups excluding tert-OH is 1. The molecule has 0 bridgehead atoms. The van der Waals surface area contributed by atoms with E-state index in [4.69, 9.17) is 11.1 Å². The van der Waals surface area contributed by atoms with Crippen molar-refractivity contribution in [1.82, 2.24) is 4.57 Å². The SMILES string of the molecule is C=C(O)C1CC2(C1)CC(c1c(C(C)C)n(-c3ccc(F)c(C)c3)c3cc(C(C)=N)c(N)cc13)C2. The predicted octanol–water partition coefficient (Wildman–Crippen LogP) is 7.52. The maximum Gasteiger partial charge on any atom is 0.126 e. The molecule has 2 saturated carbocycles. The predicted molar refractivity (Wildman–Crippen MR) is 138 cm³/mol. The number of nitrogen functional groups attached to an aromatic ring is 1. The standard InChI is InChI=1S/C29H34FN3O/c1-15(2)28-27(20-13-29(14-20)11-19(12-29)18(5)34)23-9-25(32)22(17(4)31)10-26(23)33(28)21-6-7-24(30)16(3)8-21/h6-10,15,19-20,31,34H,5,11-14,32H2,1-4H3. The average Bonchev–Trinajstić information content (AvgIpc) is 3.01. The first-order valence-corrected chi connectivity index (χ1v) is 12.2. The normalized spacial score (nSPS) is 23.8. The van der Waals surface area contributed by atoms with Crippen molar-refractivity contribution in [2.45, 2.75) is 65.2 Å². The fourth-order valence-corrected chi connectivity index (χ4v) is 6.51. The summed E-state index contributed by atoms with van der Waals surface area (Å²) in [6.45, 7) is 11.7. The van der Waals surface area contributed by atoms with Crippen molar-refractivity contribution in [2.75, 3.05) is 5.73 Å². The number of hydrogen-bond acceptors (Lipinski definition) is 3. The van der Waals surface area contributed by atoms with Crippen LogP contribution in [0.5, 0.6) is 0 Å². The van der Waals surface area contributed by atoms with Gasteiger partial charge in [-0.2, -0.15) is 0 Å². The number of fused-ring (bicyclic) bond motifs is 1. The number of nitrogens with two attached hydrogens (primary N) is 1. The van der Waals surface area contributed by atoms with Gasteiger partial charge in [0.15, 0.2) is 0 Å². The van der Waals surface area contributed by atoms with Gasteiger partial charge < -0.3 is 20.8 Å². The third-order valence-corrected chi connectivity index (χ3v) is 8.16. The molecule has 2 aliphatic rings. The topological polar surface area (TPSA) is 75.0 Å². The number of nitrogens with zero attached hydrogens (tertiary/aromatic N) is 1. The number of aromatic nitrogens is 1. The molecule has 0 unspecified atom stereocenters. The van der Waals surface area contributed by atoms with Crippen LogP contribution in [0.4, 0.5) is 10.1 Å². The molecule has 3 aromatic rings. The number of halogens is 1. The summed E-state index contributed by atoms with van der Waals surface area (Å²) < 4.78 is 16.4. The van der Waals surface area contributed by atoms with E-state index in [1.54, 1.807) is 13.8 Å². The molecule has 1 heterocycles. The van der Waals surface area contributed by atoms with Crippen LogP contribution in [-0.2, 0) is 0 Å². The van der Waals surface area contributed by atoms with Crippen LogP contribution >= 0.6 is 0 Å². The van der Waals surface area contributed by atoms with Crippen molar-refractivity contribution in [3.63, 3.8) is 0 Å². The summed E-state index contributed by atoms with van der Waals surface area (Å²) in [7, 11) is 0. The highest BCUT2D eigenvalue weighted by atomic mass is 19.1. The first-order chi connectivity index (χ1) is 16.0. The molecule has 2 fully saturated rings. The zero-order valence-corrected chi connectivity index (χ0v) is 20.5. The van der Waals surface area contributed by atoms with Crippen LogP contribution in [0.1, 0.15) is 80.7 Å². The molecule has 5 rings (SSSR count). The van der Waals surface area contributed by atoms with Gasteiger partial charge in [0.25, 0.3) is 0 Å². The summed E-state index contributed by atoms with van der Waals surface area (Å²) in [4.78, 5) is 0. The molecule has 2 aliphatic carbocycles. The van der Waals surface area contributed by atoms with Gasteiger partial charge >= 0.3 is 0 Å². The minimum atomic E-state index is -0.210. The molecule has 4 N–H and O–H groups in total. The molecule has 2 aromatic carbocycles. The summed E-state index contributed by atoms with van der Waals surface area (Å²) in [5.74, 6) is 1.02. The molecule has 0 amide bonds. The fourth-order valence-electron chi connectivity index (χ4n) is 6.51. The van der Waals surface area contributed by atoms with Gasteiger partial charge in [0.05, 0.1) is 11.3 Å². The Morgan fingerprint density at radius 2 is 1.88 bits per heavy atom. The maximum absolute atomic E-state index is 14.1. The number of nitrogens with one attached hydrogen (secondary N) is 1. The lowest BCUT2D eigenvalue weighted by Gasteiger charge is -2.58. The van der Waals surface area contributed by atoms with Crippen LogP contribution in [0.2, 0.25) is 0 Å². The number of allylic oxidation sites excluding steroid dienone is 1. The van der Waals surface area contributed by atoms with Crippen LogP contribution < -0.4 is 5.73 Å². The minimum Gasteiger partial charge on any atom is -0.513 e. The number of aliphatic hydroxyl groups is 1. The van der Waals surface area contributed by atoms with Gasteiger partial charge in [0.2, 0.25) is 0 Å². The summed E-state index contributed by atoms with van der Waals surface area (Å²) in [5, 5.41) is 19.2. The minimum absolute atomic E-state index is 0.210. The zero-order valence-electron chi connectivity index (χ0n) is 20.5. The third-order valence-electron chi connectivity index (χ3n) is 8.16. The van der Waals surface area contributed by atoms with Crippen LogP contribution in [0.25, 0.3) is 16.6 Å². The summed E-state index contributed by atoms with van der Waals surface area (Å²) >= 11 is 0. The second-order valence-corrected chi connectivity index (χ2v) is 11.0. The smallest absolute Gasteiger partial charge is 0.126 e. The van der Waals surface area contributed by atoms with Crippen molar-refractivity contribution in [3.8, 4) is 5.69 Å². The quantitative estimate of drug-likeness (QED) is 0.210. The zero-order chi connectivity index (χ0) is 24.5. The highest BCUT2D eigenvalue weighted by Crippen LogP contribution is 2.66. The molecule has 1 aromatic heterocycles. The van der Waals surface area contributed by atoms with E-state index < -0.39 is 0 Å². The Labute approximate surface area is 200 Å². The van der Waals surface area contributed by atoms with Crippen LogP contribution in [0, 0.1) is 29.5 Å². The van der Waals surface area contributed by atoms with E-state index in [1.165, 1.54) is 17.3 Å². The molecule has 0 saturated heterocycles. The summed E-state index contributed by atoms with van der Waals surface area (Å²) in [6.07, 6.45) is 4.24. The van der Waals surface area contributed by atoms with Crippen molar-refractivity contribution < 1.29 is 9.50 Å². The van der Waals surface area contributed by atoms with E-state index in [2.05, 4.69) is 25.0 Å². The van der Waals surface area contributed by atoms with Gasteiger partial charge in [0, 0.05) is 39.6 Å². The molecule has 1 spiro atoms. The molecule has 178 valence electrons. The van der Waals surface area contributed by atoms with Gasteiger partial charge in [-0.1, -0.05) is 20.4 Å². The largest absolute Gasteiger partial charge is 0.513 e. The highest BCUT2D eigenvalue weighted by Gasteiger charge is 2.54. The van der Waals surface area contributed by atoms with E-state index in [0.717, 1.165) is 47.8 Å². The van der Waals surface area contributed by atoms with E-state index in [9.17, 15) is 9.50 Å². The monoisotopic (exact) mass is 459 g/mol. The highest BCUT2D eigenvalue weighted by molar-refractivity contribution is 6.06. The molecule has 4 nitrogen and oxygen atoms in total.